The lowest BCUT2D eigenvalue weighted by molar-refractivity contribution is 0.141. The molecule has 0 fully saturated rings. The minimum atomic E-state index is 0.721. The van der Waals surface area contributed by atoms with Crippen molar-refractivity contribution in [2.24, 2.45) is 0 Å². The van der Waals surface area contributed by atoms with E-state index in [1.807, 2.05) is 19.1 Å². The van der Waals surface area contributed by atoms with Crippen LogP contribution in [0.3, 0.4) is 0 Å². The zero-order valence-electron chi connectivity index (χ0n) is 15.5. The van der Waals surface area contributed by atoms with Crippen LogP contribution in [-0.4, -0.2) is 22.8 Å². The van der Waals surface area contributed by atoms with Crippen molar-refractivity contribution in [1.29, 1.82) is 0 Å². The lowest BCUT2D eigenvalue weighted by atomic mass is 10.0. The second kappa shape index (κ2) is 8.12. The molecule has 3 nitrogen and oxygen atoms in total. The van der Waals surface area contributed by atoms with Gasteiger partial charge >= 0.3 is 0 Å². The van der Waals surface area contributed by atoms with Crippen LogP contribution in [0.15, 0.2) is 60.7 Å². The number of imidazole rings is 1. The Balaban J connectivity index is 1.73. The van der Waals surface area contributed by atoms with Gasteiger partial charge in [0.1, 0.15) is 5.82 Å². The Morgan fingerprint density at radius 2 is 1.89 bits per heavy atom. The van der Waals surface area contributed by atoms with E-state index < -0.39 is 0 Å². The maximum absolute atomic E-state index is 6.19. The van der Waals surface area contributed by atoms with E-state index in [0.29, 0.717) is 0 Å². The third kappa shape index (κ3) is 3.85. The van der Waals surface area contributed by atoms with E-state index in [1.54, 1.807) is 0 Å². The maximum atomic E-state index is 6.19. The zero-order chi connectivity index (χ0) is 18.6. The highest BCUT2D eigenvalue weighted by Crippen LogP contribution is 2.25. The smallest absolute Gasteiger partial charge is 0.114 e. The molecule has 0 radical (unpaired) electrons. The van der Waals surface area contributed by atoms with Crippen LogP contribution in [0.4, 0.5) is 0 Å². The van der Waals surface area contributed by atoms with Crippen LogP contribution >= 0.6 is 11.6 Å². The molecule has 3 aromatic carbocycles. The topological polar surface area (TPSA) is 27.1 Å². The Morgan fingerprint density at radius 3 is 2.78 bits per heavy atom. The van der Waals surface area contributed by atoms with Crippen molar-refractivity contribution in [2.75, 3.05) is 13.2 Å². The highest BCUT2D eigenvalue weighted by atomic mass is 35.5. The van der Waals surface area contributed by atoms with Crippen LogP contribution in [0.25, 0.3) is 21.8 Å². The fourth-order valence-electron chi connectivity index (χ4n) is 3.62. The average Bonchev–Trinajstić information content (AvgIpc) is 3.01. The van der Waals surface area contributed by atoms with E-state index >= 15 is 0 Å². The summed E-state index contributed by atoms with van der Waals surface area (Å²) in [6.45, 7) is 4.43. The summed E-state index contributed by atoms with van der Waals surface area (Å²) in [6.07, 6.45) is 1.76. The zero-order valence-corrected chi connectivity index (χ0v) is 16.2. The minimum absolute atomic E-state index is 0.721. The van der Waals surface area contributed by atoms with Crippen LogP contribution in [0.2, 0.25) is 5.02 Å². The van der Waals surface area contributed by atoms with Gasteiger partial charge in [0.15, 0.2) is 0 Å². The average molecular weight is 379 g/mol. The van der Waals surface area contributed by atoms with Gasteiger partial charge in [-0.05, 0) is 47.9 Å². The Kier molecular flexibility index (Phi) is 5.42. The largest absolute Gasteiger partial charge is 0.382 e. The second-order valence-corrected chi connectivity index (χ2v) is 7.11. The highest BCUT2D eigenvalue weighted by molar-refractivity contribution is 6.31. The van der Waals surface area contributed by atoms with Crippen LogP contribution in [0.5, 0.6) is 0 Å². The molecule has 0 bridgehead atoms. The molecule has 4 aromatic rings. The van der Waals surface area contributed by atoms with Gasteiger partial charge in [-0.1, -0.05) is 54.1 Å². The molecule has 0 atom stereocenters. The number of aryl methyl sites for hydroxylation is 1. The lowest BCUT2D eigenvalue weighted by Crippen LogP contribution is -2.07. The standard InChI is InChI=1S/C23H23ClN2O/c1-2-27-14-6-13-26-22-12-11-19(24)16-21(22)25-23(26)15-18-9-5-8-17-7-3-4-10-20(17)18/h3-5,7-12,16H,2,6,13-15H2,1H3. The Morgan fingerprint density at radius 1 is 1.04 bits per heavy atom. The number of aromatic nitrogens is 2. The normalized spacial score (nSPS) is 11.5. The number of hydrogen-bond donors (Lipinski definition) is 0. The number of ether oxygens (including phenoxy) is 1. The molecular formula is C23H23ClN2O. The van der Waals surface area contributed by atoms with Gasteiger partial charge < -0.3 is 9.30 Å². The molecule has 1 heterocycles. The van der Waals surface area contributed by atoms with Crippen molar-refractivity contribution < 1.29 is 4.74 Å². The lowest BCUT2D eigenvalue weighted by Gasteiger charge is -2.11. The molecule has 1 aromatic heterocycles. The molecule has 138 valence electrons. The highest BCUT2D eigenvalue weighted by Gasteiger charge is 2.13. The van der Waals surface area contributed by atoms with Gasteiger partial charge in [-0.15, -0.1) is 0 Å². The number of hydrogen-bond acceptors (Lipinski definition) is 2. The van der Waals surface area contributed by atoms with E-state index in [9.17, 15) is 0 Å². The molecule has 0 saturated heterocycles. The molecule has 0 spiro atoms. The fraction of sp³-hybridized carbons (Fsp3) is 0.261. The number of halogens is 1. The molecule has 0 unspecified atom stereocenters. The summed E-state index contributed by atoms with van der Waals surface area (Å²) in [5, 5.41) is 3.26. The van der Waals surface area contributed by atoms with Crippen LogP contribution in [0, 0.1) is 0 Å². The van der Waals surface area contributed by atoms with Crippen molar-refractivity contribution >= 4 is 33.4 Å². The van der Waals surface area contributed by atoms with Gasteiger partial charge in [0, 0.05) is 31.2 Å². The summed E-state index contributed by atoms with van der Waals surface area (Å²) in [7, 11) is 0. The Bertz CT molecular complexity index is 1070. The molecule has 4 heteroatoms. The Labute approximate surface area is 164 Å². The quantitative estimate of drug-likeness (QED) is 0.376. The van der Waals surface area contributed by atoms with E-state index in [0.717, 1.165) is 54.5 Å². The predicted octanol–water partition coefficient (Wildman–Crippen LogP) is 5.86. The van der Waals surface area contributed by atoms with Gasteiger partial charge in [0.05, 0.1) is 11.0 Å². The SMILES string of the molecule is CCOCCCn1c(Cc2cccc3ccccc23)nc2cc(Cl)ccc21. The van der Waals surface area contributed by atoms with Crippen LogP contribution in [-0.2, 0) is 17.7 Å². The monoisotopic (exact) mass is 378 g/mol. The molecular weight excluding hydrogens is 356 g/mol. The van der Waals surface area contributed by atoms with E-state index in [4.69, 9.17) is 21.3 Å². The third-order valence-corrected chi connectivity index (χ3v) is 5.13. The summed E-state index contributed by atoms with van der Waals surface area (Å²) in [6, 6.07) is 20.9. The van der Waals surface area contributed by atoms with Gasteiger partial charge in [-0.2, -0.15) is 0 Å². The second-order valence-electron chi connectivity index (χ2n) is 6.68. The van der Waals surface area contributed by atoms with Crippen molar-refractivity contribution in [3.63, 3.8) is 0 Å². The van der Waals surface area contributed by atoms with E-state index in [1.165, 1.54) is 16.3 Å². The van der Waals surface area contributed by atoms with Gasteiger partial charge in [-0.3, -0.25) is 0 Å². The first kappa shape index (κ1) is 18.0. The van der Waals surface area contributed by atoms with Crippen molar-refractivity contribution in [2.45, 2.75) is 26.3 Å². The summed E-state index contributed by atoms with van der Waals surface area (Å²) < 4.78 is 7.84. The van der Waals surface area contributed by atoms with E-state index in [2.05, 4.69) is 53.1 Å². The first-order chi connectivity index (χ1) is 13.3. The predicted molar refractivity (Wildman–Crippen MR) is 113 cm³/mol. The van der Waals surface area contributed by atoms with Gasteiger partial charge in [0.2, 0.25) is 0 Å². The number of rotatable bonds is 7. The molecule has 0 saturated carbocycles. The first-order valence-electron chi connectivity index (χ1n) is 9.45. The molecule has 0 amide bonds. The number of benzene rings is 3. The minimum Gasteiger partial charge on any atom is -0.382 e. The Hall–Kier alpha value is -2.36. The summed E-state index contributed by atoms with van der Waals surface area (Å²) in [5.74, 6) is 1.07. The van der Waals surface area contributed by atoms with Crippen molar-refractivity contribution in [1.82, 2.24) is 9.55 Å². The first-order valence-corrected chi connectivity index (χ1v) is 9.83. The van der Waals surface area contributed by atoms with Crippen LogP contribution in [0.1, 0.15) is 24.7 Å². The molecule has 0 aliphatic carbocycles. The maximum Gasteiger partial charge on any atom is 0.114 e. The van der Waals surface area contributed by atoms with Crippen molar-refractivity contribution in [3.8, 4) is 0 Å². The molecule has 4 rings (SSSR count). The molecule has 0 aliphatic rings. The van der Waals surface area contributed by atoms with E-state index in [-0.39, 0.29) is 0 Å². The third-order valence-electron chi connectivity index (χ3n) is 4.89. The molecule has 27 heavy (non-hydrogen) atoms. The number of fused-ring (bicyclic) bond motifs is 2. The van der Waals surface area contributed by atoms with Gasteiger partial charge in [-0.25, -0.2) is 4.98 Å². The molecule has 0 aliphatic heterocycles. The summed E-state index contributed by atoms with van der Waals surface area (Å²) in [4.78, 5) is 4.91. The summed E-state index contributed by atoms with van der Waals surface area (Å²) >= 11 is 6.19. The fourth-order valence-corrected chi connectivity index (χ4v) is 3.79. The number of nitrogens with zero attached hydrogens (tertiary/aromatic N) is 2. The van der Waals surface area contributed by atoms with Crippen molar-refractivity contribution in [3.05, 3.63) is 77.1 Å². The van der Waals surface area contributed by atoms with Gasteiger partial charge in [0.25, 0.3) is 0 Å². The summed E-state index contributed by atoms with van der Waals surface area (Å²) in [5.41, 5.74) is 3.38. The van der Waals surface area contributed by atoms with Crippen LogP contribution < -0.4 is 0 Å². The molecule has 0 N–H and O–H groups in total.